The average molecular weight is 351 g/mol. The molecule has 0 N–H and O–H groups in total. The van der Waals surface area contributed by atoms with E-state index in [0.717, 1.165) is 37.3 Å². The first kappa shape index (κ1) is 16.6. The van der Waals surface area contributed by atoms with Gasteiger partial charge in [0.05, 0.1) is 17.9 Å². The van der Waals surface area contributed by atoms with E-state index < -0.39 is 0 Å². The summed E-state index contributed by atoms with van der Waals surface area (Å²) in [6.07, 6.45) is 11.0. The first-order valence-corrected chi connectivity index (χ1v) is 8.77. The van der Waals surface area contributed by atoms with Gasteiger partial charge in [-0.25, -0.2) is 9.67 Å². The SMILES string of the molecule is Cc1cnc(CN2CCCC2Cn2nc(-n3ccnc3)ccc2=O)cn1. The molecule has 1 saturated heterocycles. The first-order chi connectivity index (χ1) is 12.7. The largest absolute Gasteiger partial charge is 0.293 e. The quantitative estimate of drug-likeness (QED) is 0.687. The van der Waals surface area contributed by atoms with E-state index in [9.17, 15) is 4.79 Å². The molecule has 4 heterocycles. The lowest BCUT2D eigenvalue weighted by Crippen LogP contribution is -2.37. The molecule has 0 spiro atoms. The summed E-state index contributed by atoms with van der Waals surface area (Å²) in [6.45, 7) is 4.24. The number of aryl methyl sites for hydroxylation is 1. The van der Waals surface area contributed by atoms with Crippen LogP contribution in [-0.2, 0) is 13.1 Å². The smallest absolute Gasteiger partial charge is 0.266 e. The van der Waals surface area contributed by atoms with E-state index in [1.807, 2.05) is 19.3 Å². The third kappa shape index (κ3) is 3.55. The van der Waals surface area contributed by atoms with Crippen molar-refractivity contribution in [1.82, 2.24) is 34.2 Å². The summed E-state index contributed by atoms with van der Waals surface area (Å²) in [7, 11) is 0. The molecule has 26 heavy (non-hydrogen) atoms. The van der Waals surface area contributed by atoms with Crippen LogP contribution in [0.15, 0.2) is 48.0 Å². The highest BCUT2D eigenvalue weighted by Crippen LogP contribution is 2.20. The van der Waals surface area contributed by atoms with Gasteiger partial charge in [0.25, 0.3) is 5.56 Å². The Morgan fingerprint density at radius 2 is 2.15 bits per heavy atom. The zero-order valence-corrected chi connectivity index (χ0v) is 14.7. The van der Waals surface area contributed by atoms with Gasteiger partial charge in [-0.05, 0) is 32.4 Å². The molecule has 0 bridgehead atoms. The zero-order chi connectivity index (χ0) is 17.9. The van der Waals surface area contributed by atoms with Crippen molar-refractivity contribution in [1.29, 1.82) is 0 Å². The van der Waals surface area contributed by atoms with E-state index in [2.05, 4.69) is 25.0 Å². The Kier molecular flexibility index (Phi) is 4.57. The van der Waals surface area contributed by atoms with Gasteiger partial charge in [-0.1, -0.05) is 0 Å². The predicted molar refractivity (Wildman–Crippen MR) is 95.8 cm³/mol. The fraction of sp³-hybridized carbons (Fsp3) is 0.389. The van der Waals surface area contributed by atoms with E-state index in [4.69, 9.17) is 0 Å². The van der Waals surface area contributed by atoms with Crippen molar-refractivity contribution in [2.45, 2.75) is 38.9 Å². The second-order valence-corrected chi connectivity index (χ2v) is 6.60. The Balaban J connectivity index is 1.51. The molecule has 1 unspecified atom stereocenters. The van der Waals surface area contributed by atoms with Crippen LogP contribution in [0.5, 0.6) is 0 Å². The molecule has 134 valence electrons. The highest BCUT2D eigenvalue weighted by atomic mass is 16.1. The van der Waals surface area contributed by atoms with E-state index in [0.29, 0.717) is 12.4 Å². The molecule has 1 atom stereocenters. The summed E-state index contributed by atoms with van der Waals surface area (Å²) in [4.78, 5) is 27.4. The minimum absolute atomic E-state index is 0.0872. The Bertz CT molecular complexity index is 917. The van der Waals surface area contributed by atoms with Crippen molar-refractivity contribution in [3.8, 4) is 5.82 Å². The van der Waals surface area contributed by atoms with Gasteiger partial charge in [-0.15, -0.1) is 0 Å². The van der Waals surface area contributed by atoms with E-state index >= 15 is 0 Å². The van der Waals surface area contributed by atoms with Gasteiger partial charge in [0.1, 0.15) is 6.33 Å². The molecule has 1 aliphatic heterocycles. The number of imidazole rings is 1. The second kappa shape index (κ2) is 7.17. The normalized spacial score (nSPS) is 17.7. The Labute approximate surface area is 151 Å². The number of rotatable bonds is 5. The van der Waals surface area contributed by atoms with Gasteiger partial charge in [-0.3, -0.25) is 24.2 Å². The highest BCUT2D eigenvalue weighted by molar-refractivity contribution is 5.19. The predicted octanol–water partition coefficient (Wildman–Crippen LogP) is 1.19. The van der Waals surface area contributed by atoms with Gasteiger partial charge in [0.15, 0.2) is 5.82 Å². The molecule has 3 aromatic heterocycles. The minimum Gasteiger partial charge on any atom is -0.293 e. The third-order valence-electron chi connectivity index (χ3n) is 4.70. The number of likely N-dealkylation sites (tertiary alicyclic amines) is 1. The van der Waals surface area contributed by atoms with Crippen molar-refractivity contribution in [3.63, 3.8) is 0 Å². The summed E-state index contributed by atoms with van der Waals surface area (Å²) in [5, 5.41) is 4.50. The lowest BCUT2D eigenvalue weighted by Gasteiger charge is -2.24. The molecule has 0 saturated carbocycles. The molecule has 0 radical (unpaired) electrons. The van der Waals surface area contributed by atoms with Crippen LogP contribution in [0.2, 0.25) is 0 Å². The van der Waals surface area contributed by atoms with Gasteiger partial charge < -0.3 is 0 Å². The van der Waals surface area contributed by atoms with Crippen molar-refractivity contribution in [2.24, 2.45) is 0 Å². The van der Waals surface area contributed by atoms with Crippen LogP contribution in [-0.4, -0.2) is 46.8 Å². The molecule has 0 aromatic carbocycles. The molecule has 0 amide bonds. The van der Waals surface area contributed by atoms with Crippen LogP contribution in [0.1, 0.15) is 24.2 Å². The number of hydrogen-bond donors (Lipinski definition) is 0. The molecular formula is C18H21N7O. The second-order valence-electron chi connectivity index (χ2n) is 6.60. The van der Waals surface area contributed by atoms with Crippen molar-refractivity contribution >= 4 is 0 Å². The van der Waals surface area contributed by atoms with E-state index in [-0.39, 0.29) is 11.6 Å². The molecule has 0 aliphatic carbocycles. The molecule has 8 heteroatoms. The maximum absolute atomic E-state index is 12.3. The first-order valence-electron chi connectivity index (χ1n) is 8.77. The molecule has 1 fully saturated rings. The topological polar surface area (TPSA) is 81.7 Å². The van der Waals surface area contributed by atoms with Crippen LogP contribution in [0.4, 0.5) is 0 Å². The van der Waals surface area contributed by atoms with Gasteiger partial charge in [0.2, 0.25) is 0 Å². The number of nitrogens with zero attached hydrogens (tertiary/aromatic N) is 7. The molecule has 8 nitrogen and oxygen atoms in total. The zero-order valence-electron chi connectivity index (χ0n) is 14.7. The van der Waals surface area contributed by atoms with Gasteiger partial charge in [-0.2, -0.15) is 5.10 Å². The fourth-order valence-corrected chi connectivity index (χ4v) is 3.32. The maximum atomic E-state index is 12.3. The highest BCUT2D eigenvalue weighted by Gasteiger charge is 2.26. The lowest BCUT2D eigenvalue weighted by atomic mass is 10.2. The summed E-state index contributed by atoms with van der Waals surface area (Å²) in [6, 6.07) is 3.54. The van der Waals surface area contributed by atoms with Crippen LogP contribution in [0.3, 0.4) is 0 Å². The lowest BCUT2D eigenvalue weighted by molar-refractivity contribution is 0.214. The van der Waals surface area contributed by atoms with Crippen molar-refractivity contribution < 1.29 is 0 Å². The third-order valence-corrected chi connectivity index (χ3v) is 4.70. The standard InChI is InChI=1S/C18H21N7O/c1-14-9-21-15(10-20-14)11-23-7-2-3-16(23)12-25-18(26)5-4-17(22-25)24-8-6-19-13-24/h4-6,8-10,13,16H,2-3,7,11-12H2,1H3. The Hall–Kier alpha value is -2.87. The van der Waals surface area contributed by atoms with Gasteiger partial charge >= 0.3 is 0 Å². The Morgan fingerprint density at radius 3 is 2.92 bits per heavy atom. The van der Waals surface area contributed by atoms with Crippen molar-refractivity contribution in [3.05, 3.63) is 65.0 Å². The van der Waals surface area contributed by atoms with Crippen molar-refractivity contribution in [2.75, 3.05) is 6.54 Å². The molecule has 3 aromatic rings. The van der Waals surface area contributed by atoms with Crippen LogP contribution in [0, 0.1) is 6.92 Å². The number of hydrogen-bond acceptors (Lipinski definition) is 6. The average Bonchev–Trinajstić information content (AvgIpc) is 3.31. The minimum atomic E-state index is -0.0872. The van der Waals surface area contributed by atoms with Crippen LogP contribution < -0.4 is 5.56 Å². The molecular weight excluding hydrogens is 330 g/mol. The van der Waals surface area contributed by atoms with E-state index in [1.54, 1.807) is 40.1 Å². The summed E-state index contributed by atoms with van der Waals surface area (Å²) >= 11 is 0. The monoisotopic (exact) mass is 351 g/mol. The molecule has 4 rings (SSSR count). The summed E-state index contributed by atoms with van der Waals surface area (Å²) in [5.41, 5.74) is 1.78. The van der Waals surface area contributed by atoms with Gasteiger partial charge in [0, 0.05) is 43.4 Å². The maximum Gasteiger partial charge on any atom is 0.266 e. The Morgan fingerprint density at radius 1 is 1.23 bits per heavy atom. The fourth-order valence-electron chi connectivity index (χ4n) is 3.32. The van der Waals surface area contributed by atoms with Crippen LogP contribution in [0.25, 0.3) is 5.82 Å². The molecule has 1 aliphatic rings. The summed E-state index contributed by atoms with van der Waals surface area (Å²) < 4.78 is 3.35. The van der Waals surface area contributed by atoms with Crippen LogP contribution >= 0.6 is 0 Å². The van der Waals surface area contributed by atoms with E-state index in [1.165, 1.54) is 0 Å². The number of aromatic nitrogens is 6. The summed E-state index contributed by atoms with van der Waals surface area (Å²) in [5.74, 6) is 0.691.